The highest BCUT2D eigenvalue weighted by Crippen LogP contribution is 2.39. The van der Waals surface area contributed by atoms with Crippen LogP contribution in [0.1, 0.15) is 43.7 Å². The molecule has 0 aromatic heterocycles. The van der Waals surface area contributed by atoms with Crippen LogP contribution in [0, 0.1) is 5.82 Å². The molecule has 2 aliphatic rings. The highest BCUT2D eigenvalue weighted by atomic mass is 35.5. The normalized spacial score (nSPS) is 20.0. The van der Waals surface area contributed by atoms with Crippen molar-refractivity contribution in [3.8, 4) is 0 Å². The van der Waals surface area contributed by atoms with Crippen LogP contribution in [-0.2, 0) is 0 Å². The van der Waals surface area contributed by atoms with Gasteiger partial charge in [0.15, 0.2) is 0 Å². The molecule has 0 amide bonds. The number of rotatable bonds is 4. The van der Waals surface area contributed by atoms with Crippen LogP contribution < -0.4 is 16.2 Å². The highest BCUT2D eigenvalue weighted by molar-refractivity contribution is 7.82. The zero-order valence-electron chi connectivity index (χ0n) is 16.7. The lowest BCUT2D eigenvalue weighted by molar-refractivity contribution is 0.248. The largest absolute Gasteiger partial charge is 0.399 e. The van der Waals surface area contributed by atoms with Gasteiger partial charge in [0.05, 0.1) is 22.5 Å². The molecule has 1 saturated heterocycles. The summed E-state index contributed by atoms with van der Waals surface area (Å²) in [5.41, 5.74) is 12.3. The first kappa shape index (κ1) is 21.0. The lowest BCUT2D eigenvalue weighted by Crippen LogP contribution is -2.44. The van der Waals surface area contributed by atoms with Crippen LogP contribution in [-0.4, -0.2) is 28.8 Å². The molecule has 30 heavy (non-hydrogen) atoms. The van der Waals surface area contributed by atoms with E-state index in [4.69, 9.17) is 34.7 Å². The fraction of sp³-hybridized carbons (Fsp3) is 0.364. The van der Waals surface area contributed by atoms with Crippen LogP contribution in [0.25, 0.3) is 0 Å². The molecule has 158 valence electrons. The minimum absolute atomic E-state index is 0.134. The summed E-state index contributed by atoms with van der Waals surface area (Å²) in [7, 11) is 0. The third kappa shape index (κ3) is 4.74. The quantitative estimate of drug-likeness (QED) is 0.508. The molecular formula is C22H25ClFN5S. The summed E-state index contributed by atoms with van der Waals surface area (Å²) in [6.07, 6.45) is 5.43. The second-order valence-electron chi connectivity index (χ2n) is 7.72. The van der Waals surface area contributed by atoms with Crippen LogP contribution >= 0.6 is 23.8 Å². The summed E-state index contributed by atoms with van der Waals surface area (Å²) in [6, 6.07) is 11.7. The third-order valence-electron chi connectivity index (χ3n) is 5.51. The van der Waals surface area contributed by atoms with E-state index in [0.29, 0.717) is 22.1 Å². The second-order valence-corrected chi connectivity index (χ2v) is 8.53. The van der Waals surface area contributed by atoms with Gasteiger partial charge in [0.25, 0.3) is 0 Å². The number of thiocarbonyl (C=S) groups is 1. The van der Waals surface area contributed by atoms with Gasteiger partial charge in [-0.05, 0) is 48.7 Å². The van der Waals surface area contributed by atoms with Crippen LogP contribution in [0.5, 0.6) is 0 Å². The van der Waals surface area contributed by atoms with Crippen molar-refractivity contribution in [3.63, 3.8) is 0 Å². The van der Waals surface area contributed by atoms with Crippen LogP contribution in [0.2, 0.25) is 5.02 Å². The van der Waals surface area contributed by atoms with Crippen molar-refractivity contribution < 1.29 is 4.39 Å². The Bertz CT molecular complexity index is 941. The first-order valence-electron chi connectivity index (χ1n) is 10.2. The minimum atomic E-state index is -0.270. The van der Waals surface area contributed by atoms with Crippen LogP contribution in [0.4, 0.5) is 15.8 Å². The summed E-state index contributed by atoms with van der Waals surface area (Å²) in [5.74, 6) is -0.270. The van der Waals surface area contributed by atoms with Gasteiger partial charge in [-0.15, -0.1) is 0 Å². The first-order chi connectivity index (χ1) is 14.5. The topological polar surface area (TPSA) is 56.9 Å². The summed E-state index contributed by atoms with van der Waals surface area (Å²) in [4.78, 5) is 0.623. The van der Waals surface area contributed by atoms with Gasteiger partial charge in [-0.25, -0.2) is 9.40 Å². The Balaban J connectivity index is 1.61. The zero-order chi connectivity index (χ0) is 21.1. The molecule has 8 heteroatoms. The average molecular weight is 446 g/mol. The molecule has 0 bridgehead atoms. The number of hydrogen-bond donors (Lipinski definition) is 2. The Hall–Kier alpha value is -2.22. The predicted octanol–water partition coefficient (Wildman–Crippen LogP) is 5.08. The Morgan fingerprint density at radius 2 is 1.80 bits per heavy atom. The molecule has 4 rings (SSSR count). The van der Waals surface area contributed by atoms with E-state index in [1.54, 1.807) is 24.3 Å². The maximum Gasteiger partial charge on any atom is 0.137 e. The van der Waals surface area contributed by atoms with E-state index < -0.39 is 0 Å². The van der Waals surface area contributed by atoms with E-state index in [1.807, 2.05) is 11.1 Å². The van der Waals surface area contributed by atoms with Crippen molar-refractivity contribution >= 4 is 45.9 Å². The number of benzene rings is 2. The molecule has 2 aliphatic heterocycles. The molecule has 1 atom stereocenters. The maximum absolute atomic E-state index is 13.5. The summed E-state index contributed by atoms with van der Waals surface area (Å²) >= 11 is 12.2. The number of nitrogens with one attached hydrogen (secondary N) is 1. The number of hydrazone groups is 1. The molecule has 5 nitrogen and oxygen atoms in total. The lowest BCUT2D eigenvalue weighted by Gasteiger charge is -2.25. The lowest BCUT2D eigenvalue weighted by atomic mass is 10.0. The summed E-state index contributed by atoms with van der Waals surface area (Å²) in [5, 5.41) is 9.38. The van der Waals surface area contributed by atoms with Gasteiger partial charge in [-0.2, -0.15) is 5.10 Å². The highest BCUT2D eigenvalue weighted by Gasteiger charge is 2.32. The number of nitrogen functional groups attached to an aromatic ring is 1. The van der Waals surface area contributed by atoms with E-state index in [0.717, 1.165) is 42.9 Å². The monoisotopic (exact) mass is 445 g/mol. The van der Waals surface area contributed by atoms with Crippen molar-refractivity contribution in [1.82, 2.24) is 10.4 Å². The van der Waals surface area contributed by atoms with Gasteiger partial charge in [-0.1, -0.05) is 48.8 Å². The maximum atomic E-state index is 13.5. The van der Waals surface area contributed by atoms with Crippen molar-refractivity contribution in [3.05, 3.63) is 58.9 Å². The van der Waals surface area contributed by atoms with Gasteiger partial charge in [0.1, 0.15) is 10.8 Å². The SMILES string of the molecule is Nc1ccc(N2N=C(C(=S)NN3CCCCCC3)CC2c2ccc(F)cc2)c(Cl)c1. The van der Waals surface area contributed by atoms with Crippen LogP contribution in [0.3, 0.4) is 0 Å². The summed E-state index contributed by atoms with van der Waals surface area (Å²) in [6.45, 7) is 1.95. The Labute approximate surface area is 186 Å². The molecule has 0 saturated carbocycles. The smallest absolute Gasteiger partial charge is 0.137 e. The second kappa shape index (κ2) is 9.29. The molecule has 0 radical (unpaired) electrons. The molecule has 1 fully saturated rings. The minimum Gasteiger partial charge on any atom is -0.399 e. The fourth-order valence-corrected chi connectivity index (χ4v) is 4.44. The molecular weight excluding hydrogens is 421 g/mol. The van der Waals surface area contributed by atoms with Gasteiger partial charge in [0.2, 0.25) is 0 Å². The third-order valence-corrected chi connectivity index (χ3v) is 6.14. The molecule has 3 N–H and O–H groups in total. The summed E-state index contributed by atoms with van der Waals surface area (Å²) < 4.78 is 13.5. The molecule has 2 aromatic rings. The number of nitrogens with zero attached hydrogens (tertiary/aromatic N) is 3. The van der Waals surface area contributed by atoms with E-state index in [1.165, 1.54) is 25.0 Å². The number of nitrogens with two attached hydrogens (primary N) is 1. The molecule has 2 heterocycles. The van der Waals surface area contributed by atoms with Gasteiger partial charge >= 0.3 is 0 Å². The Morgan fingerprint density at radius 1 is 1.10 bits per heavy atom. The Kier molecular flexibility index (Phi) is 6.51. The number of hydrogen-bond acceptors (Lipinski definition) is 5. The zero-order valence-corrected chi connectivity index (χ0v) is 18.2. The molecule has 0 aliphatic carbocycles. The number of hydrazine groups is 1. The van der Waals surface area contributed by atoms with Crippen molar-refractivity contribution in [1.29, 1.82) is 0 Å². The van der Waals surface area contributed by atoms with Gasteiger partial charge < -0.3 is 11.2 Å². The van der Waals surface area contributed by atoms with Gasteiger partial charge in [0, 0.05) is 25.2 Å². The molecule has 0 spiro atoms. The predicted molar refractivity (Wildman–Crippen MR) is 125 cm³/mol. The van der Waals surface area contributed by atoms with Crippen molar-refractivity contribution in [2.45, 2.75) is 38.1 Å². The average Bonchev–Trinajstić information content (AvgIpc) is 3.00. The first-order valence-corrected chi connectivity index (χ1v) is 11.0. The molecule has 1 unspecified atom stereocenters. The van der Waals surface area contributed by atoms with E-state index in [2.05, 4.69) is 10.4 Å². The molecule has 2 aromatic carbocycles. The standard InChI is InChI=1S/C22H25ClFN5S/c23-18-13-17(25)9-10-20(18)29-21(15-5-7-16(24)8-6-15)14-19(26-29)22(30)27-28-11-3-1-2-4-12-28/h5-10,13,21H,1-4,11-12,14,25H2,(H,27,30). The van der Waals surface area contributed by atoms with Crippen molar-refractivity contribution in [2.24, 2.45) is 5.10 Å². The van der Waals surface area contributed by atoms with E-state index in [9.17, 15) is 4.39 Å². The van der Waals surface area contributed by atoms with Gasteiger partial charge in [-0.3, -0.25) is 5.01 Å². The number of halogens is 2. The fourth-order valence-electron chi connectivity index (χ4n) is 3.91. The van der Waals surface area contributed by atoms with E-state index >= 15 is 0 Å². The Morgan fingerprint density at radius 3 is 2.47 bits per heavy atom. The van der Waals surface area contributed by atoms with Crippen molar-refractivity contribution in [2.75, 3.05) is 23.8 Å². The van der Waals surface area contributed by atoms with Crippen LogP contribution in [0.15, 0.2) is 47.6 Å². The van der Waals surface area contributed by atoms with E-state index in [-0.39, 0.29) is 11.9 Å². The number of anilines is 2.